The van der Waals surface area contributed by atoms with Gasteiger partial charge < -0.3 is 16.2 Å². The van der Waals surface area contributed by atoms with Crippen LogP contribution in [0, 0.1) is 34.5 Å². The Hall–Kier alpha value is -2.39. The zero-order valence-corrected chi connectivity index (χ0v) is 18.1. The standard InChI is InChI=1S/C24H32N4O2/c1-14-9-23(10-15(2)21(14)29)11-19-7-6-18(12-25)8-20(19)24(23,28-16(3)26)22(30)27-13-17-4-5-17/h6-8,14-15,17,21,29H,4-5,9-11,13H2,1-3H3,(H2,26,28)(H,27,30). The number of aliphatic imine (C=N–C) groups is 1. The first-order valence-electron chi connectivity index (χ1n) is 11.0. The van der Waals surface area contributed by atoms with E-state index in [2.05, 4.69) is 25.2 Å². The Morgan fingerprint density at radius 1 is 1.33 bits per heavy atom. The van der Waals surface area contributed by atoms with Gasteiger partial charge in [-0.2, -0.15) is 5.26 Å². The molecular weight excluding hydrogens is 376 g/mol. The van der Waals surface area contributed by atoms with Crippen LogP contribution < -0.4 is 11.1 Å². The number of carbonyl (C=O) groups excluding carboxylic acids is 1. The summed E-state index contributed by atoms with van der Waals surface area (Å²) in [5, 5.41) is 23.4. The summed E-state index contributed by atoms with van der Waals surface area (Å²) in [7, 11) is 0. The number of hydrogen-bond acceptors (Lipinski definition) is 4. The number of benzene rings is 1. The molecule has 4 N–H and O–H groups in total. The Morgan fingerprint density at radius 2 is 2.00 bits per heavy atom. The molecule has 0 radical (unpaired) electrons. The lowest BCUT2D eigenvalue weighted by atomic mass is 9.56. The second kappa shape index (κ2) is 7.39. The number of hydrogen-bond donors (Lipinski definition) is 3. The zero-order valence-electron chi connectivity index (χ0n) is 18.1. The van der Waals surface area contributed by atoms with Crippen molar-refractivity contribution in [1.29, 1.82) is 5.26 Å². The van der Waals surface area contributed by atoms with Gasteiger partial charge in [0.2, 0.25) is 0 Å². The van der Waals surface area contributed by atoms with E-state index in [-0.39, 0.29) is 17.7 Å². The summed E-state index contributed by atoms with van der Waals surface area (Å²) in [6.07, 6.45) is 3.96. The molecule has 0 heterocycles. The average molecular weight is 409 g/mol. The lowest BCUT2D eigenvalue weighted by Crippen LogP contribution is -2.57. The molecule has 6 heteroatoms. The third kappa shape index (κ3) is 3.20. The lowest BCUT2D eigenvalue weighted by Gasteiger charge is -2.50. The average Bonchev–Trinajstić information content (AvgIpc) is 3.49. The Labute approximate surface area is 178 Å². The van der Waals surface area contributed by atoms with E-state index in [1.54, 1.807) is 6.92 Å². The molecule has 1 amide bonds. The smallest absolute Gasteiger partial charge is 0.253 e. The third-order valence-electron chi connectivity index (χ3n) is 7.44. The van der Waals surface area contributed by atoms with Crippen molar-refractivity contribution in [1.82, 2.24) is 5.32 Å². The van der Waals surface area contributed by atoms with Crippen LogP contribution in [0.2, 0.25) is 0 Å². The van der Waals surface area contributed by atoms with Crippen molar-refractivity contribution in [3.63, 3.8) is 0 Å². The van der Waals surface area contributed by atoms with Crippen molar-refractivity contribution in [2.24, 2.45) is 33.9 Å². The molecule has 0 aliphatic heterocycles. The molecule has 0 aromatic heterocycles. The summed E-state index contributed by atoms with van der Waals surface area (Å²) in [6, 6.07) is 7.82. The van der Waals surface area contributed by atoms with Crippen molar-refractivity contribution >= 4 is 11.7 Å². The summed E-state index contributed by atoms with van der Waals surface area (Å²) < 4.78 is 0. The highest BCUT2D eigenvalue weighted by Gasteiger charge is 2.64. The molecule has 160 valence electrons. The highest BCUT2D eigenvalue weighted by molar-refractivity contribution is 5.94. The Kier molecular flexibility index (Phi) is 5.14. The van der Waals surface area contributed by atoms with Gasteiger partial charge in [-0.3, -0.25) is 9.79 Å². The van der Waals surface area contributed by atoms with E-state index in [0.29, 0.717) is 43.1 Å². The Bertz CT molecular complexity index is 914. The summed E-state index contributed by atoms with van der Waals surface area (Å²) in [5.41, 5.74) is 6.86. The SMILES string of the molecule is CC(N)=NC1(C(=O)NCC2CC2)c2cc(C#N)ccc2CC12CC(C)C(O)C(C)C2. The molecule has 2 fully saturated rings. The zero-order chi connectivity index (χ0) is 21.7. The molecule has 0 bridgehead atoms. The first kappa shape index (κ1) is 20.9. The van der Waals surface area contributed by atoms with Crippen LogP contribution in [0.15, 0.2) is 23.2 Å². The van der Waals surface area contributed by atoms with Gasteiger partial charge in [0.05, 0.1) is 23.6 Å². The van der Waals surface area contributed by atoms with Gasteiger partial charge in [0.1, 0.15) is 0 Å². The molecule has 3 atom stereocenters. The van der Waals surface area contributed by atoms with Crippen LogP contribution in [0.1, 0.15) is 63.1 Å². The molecular formula is C24H32N4O2. The maximum Gasteiger partial charge on any atom is 0.253 e. The third-order valence-corrected chi connectivity index (χ3v) is 7.44. The Balaban J connectivity index is 1.91. The van der Waals surface area contributed by atoms with Crippen LogP contribution in [0.5, 0.6) is 0 Å². The van der Waals surface area contributed by atoms with E-state index in [1.165, 1.54) is 0 Å². The topological polar surface area (TPSA) is 111 Å². The molecule has 6 nitrogen and oxygen atoms in total. The summed E-state index contributed by atoms with van der Waals surface area (Å²) in [4.78, 5) is 18.8. The predicted molar refractivity (Wildman–Crippen MR) is 116 cm³/mol. The summed E-state index contributed by atoms with van der Waals surface area (Å²) in [6.45, 7) is 6.48. The predicted octanol–water partition coefficient (Wildman–Crippen LogP) is 2.63. The van der Waals surface area contributed by atoms with Gasteiger partial charge in [0, 0.05) is 12.0 Å². The van der Waals surface area contributed by atoms with Gasteiger partial charge in [0.25, 0.3) is 5.91 Å². The molecule has 3 aliphatic carbocycles. The molecule has 30 heavy (non-hydrogen) atoms. The van der Waals surface area contributed by atoms with E-state index in [0.717, 1.165) is 24.0 Å². The second-order valence-electron chi connectivity index (χ2n) is 9.91. The van der Waals surface area contributed by atoms with Crippen molar-refractivity contribution in [2.75, 3.05) is 6.54 Å². The van der Waals surface area contributed by atoms with Crippen LogP contribution in [-0.2, 0) is 16.8 Å². The number of carbonyl (C=O) groups is 1. The van der Waals surface area contributed by atoms with Crippen LogP contribution in [0.3, 0.4) is 0 Å². The van der Waals surface area contributed by atoms with E-state index < -0.39 is 17.1 Å². The van der Waals surface area contributed by atoms with Gasteiger partial charge in [-0.1, -0.05) is 19.9 Å². The van der Waals surface area contributed by atoms with Gasteiger partial charge in [-0.15, -0.1) is 0 Å². The minimum absolute atomic E-state index is 0.0439. The molecule has 1 aromatic carbocycles. The van der Waals surface area contributed by atoms with Crippen molar-refractivity contribution in [3.8, 4) is 6.07 Å². The van der Waals surface area contributed by atoms with Gasteiger partial charge in [-0.05, 0) is 80.0 Å². The second-order valence-corrected chi connectivity index (χ2v) is 9.91. The van der Waals surface area contributed by atoms with Crippen LogP contribution in [-0.4, -0.2) is 29.5 Å². The fraction of sp³-hybridized carbons (Fsp3) is 0.625. The number of aliphatic hydroxyl groups is 1. The van der Waals surface area contributed by atoms with Gasteiger partial charge >= 0.3 is 0 Å². The fourth-order valence-electron chi connectivity index (χ4n) is 6.02. The molecule has 3 aliphatic rings. The summed E-state index contributed by atoms with van der Waals surface area (Å²) in [5.74, 6) is 0.869. The minimum atomic E-state index is -1.18. The maximum absolute atomic E-state index is 13.9. The number of nitrogens with two attached hydrogens (primary N) is 1. The number of nitrogens with one attached hydrogen (secondary N) is 1. The number of nitriles is 1. The van der Waals surface area contributed by atoms with E-state index in [4.69, 9.17) is 10.7 Å². The first-order valence-corrected chi connectivity index (χ1v) is 11.0. The highest BCUT2D eigenvalue weighted by Crippen LogP contribution is 2.62. The molecule has 0 saturated heterocycles. The van der Waals surface area contributed by atoms with Crippen LogP contribution in [0.4, 0.5) is 0 Å². The largest absolute Gasteiger partial charge is 0.393 e. The number of aliphatic hydroxyl groups excluding tert-OH is 1. The maximum atomic E-state index is 13.9. The number of nitrogens with zero attached hydrogens (tertiary/aromatic N) is 2. The van der Waals surface area contributed by atoms with Crippen LogP contribution in [0.25, 0.3) is 0 Å². The van der Waals surface area contributed by atoms with Crippen LogP contribution >= 0.6 is 0 Å². The van der Waals surface area contributed by atoms with E-state index >= 15 is 0 Å². The van der Waals surface area contributed by atoms with Gasteiger partial charge in [0.15, 0.2) is 5.54 Å². The van der Waals surface area contributed by atoms with Crippen molar-refractivity contribution in [3.05, 3.63) is 34.9 Å². The Morgan fingerprint density at radius 3 is 2.57 bits per heavy atom. The van der Waals surface area contributed by atoms with Gasteiger partial charge in [-0.25, -0.2) is 0 Å². The molecule has 1 spiro atoms. The van der Waals surface area contributed by atoms with E-state index in [9.17, 15) is 15.2 Å². The molecule has 1 aromatic rings. The number of fused-ring (bicyclic) bond motifs is 1. The molecule has 3 unspecified atom stereocenters. The number of amides is 1. The summed E-state index contributed by atoms with van der Waals surface area (Å²) >= 11 is 0. The van der Waals surface area contributed by atoms with Crippen molar-refractivity contribution in [2.45, 2.75) is 64.5 Å². The number of amidine groups is 1. The highest BCUT2D eigenvalue weighted by atomic mass is 16.3. The monoisotopic (exact) mass is 408 g/mol. The fourth-order valence-corrected chi connectivity index (χ4v) is 6.02. The lowest BCUT2D eigenvalue weighted by molar-refractivity contribution is -0.136. The minimum Gasteiger partial charge on any atom is -0.393 e. The molecule has 4 rings (SSSR count). The quantitative estimate of drug-likeness (QED) is 0.525. The van der Waals surface area contributed by atoms with E-state index in [1.807, 2.05) is 18.2 Å². The molecule has 2 saturated carbocycles. The normalized spacial score (nSPS) is 35.7. The first-order chi connectivity index (χ1) is 14.2. The number of rotatable bonds is 4. The van der Waals surface area contributed by atoms with Crippen molar-refractivity contribution < 1.29 is 9.90 Å².